The van der Waals surface area contributed by atoms with Crippen molar-refractivity contribution in [2.45, 2.75) is 0 Å². The zero-order valence-electron chi connectivity index (χ0n) is 7.31. The molecule has 0 aliphatic carbocycles. The summed E-state index contributed by atoms with van der Waals surface area (Å²) in [6.07, 6.45) is 2.04. The highest BCUT2D eigenvalue weighted by molar-refractivity contribution is 14.1. The van der Waals surface area contributed by atoms with E-state index in [1.165, 1.54) is 9.09 Å². The molecule has 2 nitrogen and oxygen atoms in total. The summed E-state index contributed by atoms with van der Waals surface area (Å²) in [6, 6.07) is 12.4. The minimum atomic E-state index is 1.00. The zero-order chi connectivity index (χ0) is 9.54. The van der Waals surface area contributed by atoms with Gasteiger partial charge in [0.1, 0.15) is 5.65 Å². The largest absolute Gasteiger partial charge is 0.300 e. The summed E-state index contributed by atoms with van der Waals surface area (Å²) < 4.78 is 3.32. The summed E-state index contributed by atoms with van der Waals surface area (Å²) in [4.78, 5) is 4.53. The average Bonchev–Trinajstić information content (AvgIpc) is 2.54. The van der Waals surface area contributed by atoms with E-state index in [2.05, 4.69) is 50.2 Å². The SMILES string of the molecule is Ic1ccc2c(c1)nc1ccccn12. The first-order valence-electron chi connectivity index (χ1n) is 4.37. The molecule has 0 N–H and O–H groups in total. The molecular weight excluding hydrogens is 287 g/mol. The Morgan fingerprint density at radius 2 is 2.07 bits per heavy atom. The number of halogens is 1. The molecule has 0 aliphatic heterocycles. The van der Waals surface area contributed by atoms with Gasteiger partial charge in [0.2, 0.25) is 0 Å². The number of benzene rings is 1. The van der Waals surface area contributed by atoms with Gasteiger partial charge in [-0.25, -0.2) is 4.98 Å². The maximum absolute atomic E-state index is 4.53. The second-order valence-electron chi connectivity index (χ2n) is 3.17. The van der Waals surface area contributed by atoms with Gasteiger partial charge in [-0.1, -0.05) is 6.07 Å². The van der Waals surface area contributed by atoms with E-state index in [-0.39, 0.29) is 0 Å². The summed E-state index contributed by atoms with van der Waals surface area (Å²) in [5.41, 5.74) is 3.23. The van der Waals surface area contributed by atoms with Crippen LogP contribution in [0.5, 0.6) is 0 Å². The van der Waals surface area contributed by atoms with Gasteiger partial charge >= 0.3 is 0 Å². The van der Waals surface area contributed by atoms with E-state index in [9.17, 15) is 0 Å². The maximum atomic E-state index is 4.53. The number of imidazole rings is 1. The number of nitrogens with zero attached hydrogens (tertiary/aromatic N) is 2. The predicted molar refractivity (Wildman–Crippen MR) is 65.4 cm³/mol. The normalized spacial score (nSPS) is 11.2. The van der Waals surface area contributed by atoms with Gasteiger partial charge in [0, 0.05) is 9.77 Å². The molecule has 14 heavy (non-hydrogen) atoms. The first-order chi connectivity index (χ1) is 6.84. The molecular formula is C11H7IN2. The first kappa shape index (κ1) is 8.23. The van der Waals surface area contributed by atoms with Gasteiger partial charge < -0.3 is 0 Å². The van der Waals surface area contributed by atoms with Gasteiger partial charge in [-0.2, -0.15) is 0 Å². The predicted octanol–water partition coefficient (Wildman–Crippen LogP) is 3.09. The van der Waals surface area contributed by atoms with Crippen LogP contribution in [0.4, 0.5) is 0 Å². The highest BCUT2D eigenvalue weighted by Gasteiger charge is 2.02. The Kier molecular flexibility index (Phi) is 1.73. The third-order valence-electron chi connectivity index (χ3n) is 2.27. The van der Waals surface area contributed by atoms with Crippen molar-refractivity contribution in [3.63, 3.8) is 0 Å². The Morgan fingerprint density at radius 3 is 3.00 bits per heavy atom. The fourth-order valence-corrected chi connectivity index (χ4v) is 2.12. The van der Waals surface area contributed by atoms with Crippen molar-refractivity contribution < 1.29 is 0 Å². The first-order valence-corrected chi connectivity index (χ1v) is 5.45. The van der Waals surface area contributed by atoms with Crippen LogP contribution in [-0.2, 0) is 0 Å². The third-order valence-corrected chi connectivity index (χ3v) is 2.94. The summed E-state index contributed by atoms with van der Waals surface area (Å²) in [6.45, 7) is 0. The summed E-state index contributed by atoms with van der Waals surface area (Å²) in [7, 11) is 0. The molecule has 1 aromatic carbocycles. The fourth-order valence-electron chi connectivity index (χ4n) is 1.64. The summed E-state index contributed by atoms with van der Waals surface area (Å²) in [5.74, 6) is 0. The van der Waals surface area contributed by atoms with E-state index in [4.69, 9.17) is 0 Å². The molecule has 3 aromatic rings. The number of rotatable bonds is 0. The summed E-state index contributed by atoms with van der Waals surface area (Å²) >= 11 is 2.30. The lowest BCUT2D eigenvalue weighted by Crippen LogP contribution is -1.81. The number of hydrogen-bond acceptors (Lipinski definition) is 1. The van der Waals surface area contributed by atoms with Crippen LogP contribution in [0.2, 0.25) is 0 Å². The van der Waals surface area contributed by atoms with Crippen molar-refractivity contribution >= 4 is 39.3 Å². The lowest BCUT2D eigenvalue weighted by Gasteiger charge is -1.93. The second kappa shape index (κ2) is 2.95. The standard InChI is InChI=1S/C11H7IN2/c12-8-4-5-10-9(7-8)13-11-3-1-2-6-14(10)11/h1-7H. The third kappa shape index (κ3) is 1.12. The molecule has 0 atom stereocenters. The Morgan fingerprint density at radius 1 is 1.14 bits per heavy atom. The molecule has 0 aliphatic rings. The van der Waals surface area contributed by atoms with Crippen molar-refractivity contribution in [3.05, 3.63) is 46.2 Å². The van der Waals surface area contributed by atoms with Crippen LogP contribution >= 0.6 is 22.6 Å². The quantitative estimate of drug-likeness (QED) is 0.582. The highest BCUT2D eigenvalue weighted by Crippen LogP contribution is 2.18. The summed E-state index contributed by atoms with van der Waals surface area (Å²) in [5, 5.41) is 0. The van der Waals surface area contributed by atoms with Crippen molar-refractivity contribution in [2.75, 3.05) is 0 Å². The van der Waals surface area contributed by atoms with E-state index in [1.807, 2.05) is 24.4 Å². The highest BCUT2D eigenvalue weighted by atomic mass is 127. The van der Waals surface area contributed by atoms with Crippen LogP contribution < -0.4 is 0 Å². The lowest BCUT2D eigenvalue weighted by molar-refractivity contribution is 1.23. The minimum absolute atomic E-state index is 1.00. The number of fused-ring (bicyclic) bond motifs is 3. The monoisotopic (exact) mass is 294 g/mol. The Hall–Kier alpha value is -1.10. The van der Waals surface area contributed by atoms with E-state index in [0.29, 0.717) is 0 Å². The molecule has 0 saturated heterocycles. The Labute approximate surface area is 94.7 Å². The number of pyridine rings is 1. The van der Waals surface area contributed by atoms with Gasteiger partial charge in [0.05, 0.1) is 11.0 Å². The Bertz CT molecular complexity index is 613. The fraction of sp³-hybridized carbons (Fsp3) is 0. The number of aromatic nitrogens is 2. The van der Waals surface area contributed by atoms with Crippen LogP contribution in [0.15, 0.2) is 42.6 Å². The molecule has 0 bridgehead atoms. The Balaban J connectivity index is 2.57. The van der Waals surface area contributed by atoms with Crippen molar-refractivity contribution in [1.29, 1.82) is 0 Å². The van der Waals surface area contributed by atoms with E-state index < -0.39 is 0 Å². The van der Waals surface area contributed by atoms with Crippen LogP contribution in [0.25, 0.3) is 16.7 Å². The molecule has 2 heterocycles. The average molecular weight is 294 g/mol. The molecule has 0 saturated carbocycles. The molecule has 2 aromatic heterocycles. The van der Waals surface area contributed by atoms with Crippen molar-refractivity contribution in [1.82, 2.24) is 9.38 Å². The molecule has 3 rings (SSSR count). The second-order valence-corrected chi connectivity index (χ2v) is 4.42. The van der Waals surface area contributed by atoms with Crippen LogP contribution in [-0.4, -0.2) is 9.38 Å². The molecule has 68 valence electrons. The molecule has 0 unspecified atom stereocenters. The maximum Gasteiger partial charge on any atom is 0.137 e. The topological polar surface area (TPSA) is 17.3 Å². The van der Waals surface area contributed by atoms with Crippen molar-refractivity contribution in [3.8, 4) is 0 Å². The zero-order valence-corrected chi connectivity index (χ0v) is 9.47. The molecule has 0 radical (unpaired) electrons. The van der Waals surface area contributed by atoms with Gasteiger partial charge in [0.15, 0.2) is 0 Å². The molecule has 0 spiro atoms. The molecule has 3 heteroatoms. The van der Waals surface area contributed by atoms with Crippen LogP contribution in [0, 0.1) is 3.57 Å². The van der Waals surface area contributed by atoms with Gasteiger partial charge in [-0.3, -0.25) is 4.40 Å². The van der Waals surface area contributed by atoms with Gasteiger partial charge in [-0.05, 0) is 52.9 Å². The van der Waals surface area contributed by atoms with Gasteiger partial charge in [-0.15, -0.1) is 0 Å². The van der Waals surface area contributed by atoms with Crippen LogP contribution in [0.3, 0.4) is 0 Å². The smallest absolute Gasteiger partial charge is 0.137 e. The van der Waals surface area contributed by atoms with Crippen LogP contribution in [0.1, 0.15) is 0 Å². The van der Waals surface area contributed by atoms with Gasteiger partial charge in [0.25, 0.3) is 0 Å². The molecule has 0 fully saturated rings. The van der Waals surface area contributed by atoms with E-state index >= 15 is 0 Å². The van der Waals surface area contributed by atoms with Crippen molar-refractivity contribution in [2.24, 2.45) is 0 Å². The van der Waals surface area contributed by atoms with E-state index in [1.54, 1.807) is 0 Å². The minimum Gasteiger partial charge on any atom is -0.300 e. The number of hydrogen-bond donors (Lipinski definition) is 0. The van der Waals surface area contributed by atoms with E-state index in [0.717, 1.165) is 11.2 Å². The lowest BCUT2D eigenvalue weighted by atomic mass is 10.3. The molecule has 0 amide bonds.